The van der Waals surface area contributed by atoms with Crippen LogP contribution in [0.4, 0.5) is 0 Å². The van der Waals surface area contributed by atoms with Crippen LogP contribution in [0.25, 0.3) is 28.2 Å². The number of rotatable bonds is 9. The molecule has 4 heterocycles. The van der Waals surface area contributed by atoms with E-state index < -0.39 is 0 Å². The quantitative estimate of drug-likeness (QED) is 0.191. The van der Waals surface area contributed by atoms with Gasteiger partial charge in [-0.2, -0.15) is 15.3 Å². The maximum atomic E-state index is 6.52. The lowest BCUT2D eigenvalue weighted by Crippen LogP contribution is -2.32. The smallest absolute Gasteiger partial charge is 0.221 e. The molecule has 0 saturated carbocycles. The molecule has 0 aromatic carbocycles. The summed E-state index contributed by atoms with van der Waals surface area (Å²) in [7, 11) is 6.03. The highest BCUT2D eigenvalue weighted by atomic mass is 127. The van der Waals surface area contributed by atoms with Crippen molar-refractivity contribution in [2.45, 2.75) is 47.3 Å². The Morgan fingerprint density at radius 2 is 1.81 bits per heavy atom. The Morgan fingerprint density at radius 3 is 2.42 bits per heavy atom. The number of fused-ring (bicyclic) bond motifs is 1. The van der Waals surface area contributed by atoms with Crippen molar-refractivity contribution in [1.29, 1.82) is 0 Å². The lowest BCUT2D eigenvalue weighted by Gasteiger charge is -2.23. The van der Waals surface area contributed by atoms with Gasteiger partial charge >= 0.3 is 0 Å². The molecule has 2 atom stereocenters. The van der Waals surface area contributed by atoms with Gasteiger partial charge < -0.3 is 4.74 Å². The van der Waals surface area contributed by atoms with Gasteiger partial charge in [0.05, 0.1) is 51.6 Å². The van der Waals surface area contributed by atoms with Gasteiger partial charge in [0.1, 0.15) is 6.10 Å². The number of ether oxygens (including phenoxy) is 1. The summed E-state index contributed by atoms with van der Waals surface area (Å²) in [5, 5.41) is 15.0. The first kappa shape index (κ1) is 26.8. The summed E-state index contributed by atoms with van der Waals surface area (Å²) in [4.78, 5) is 7.23. The number of halogens is 1. The van der Waals surface area contributed by atoms with Crippen molar-refractivity contribution in [1.82, 2.24) is 39.0 Å². The third-order valence-electron chi connectivity index (χ3n) is 6.53. The molecule has 11 heteroatoms. The second kappa shape index (κ2) is 10.6. The highest BCUT2D eigenvalue weighted by Gasteiger charge is 2.23. The molecule has 0 aliphatic carbocycles. The van der Waals surface area contributed by atoms with Crippen molar-refractivity contribution < 1.29 is 4.74 Å². The molecule has 2 unspecified atom stereocenters. The Bertz CT molecular complexity index is 1440. The van der Waals surface area contributed by atoms with Gasteiger partial charge in [0.15, 0.2) is 0 Å². The fourth-order valence-electron chi connectivity index (χ4n) is 4.77. The van der Waals surface area contributed by atoms with Gasteiger partial charge in [-0.25, -0.2) is 9.13 Å². The second-order valence-corrected chi connectivity index (χ2v) is 11.4. The number of aromatic nitrogens is 7. The highest BCUT2D eigenvalue weighted by Crippen LogP contribution is 2.38. The van der Waals surface area contributed by atoms with E-state index in [1.54, 1.807) is 10.8 Å². The summed E-state index contributed by atoms with van der Waals surface area (Å²) in [6.45, 7) is 15.8. The summed E-state index contributed by atoms with van der Waals surface area (Å²) in [5.41, 5.74) is 8.99. The summed E-state index contributed by atoms with van der Waals surface area (Å²) in [6, 6.07) is 2.08. The molecule has 0 amide bonds. The van der Waals surface area contributed by atoms with Gasteiger partial charge in [0.2, 0.25) is 5.88 Å². The molecule has 0 bridgehead atoms. The van der Waals surface area contributed by atoms with Gasteiger partial charge in [-0.15, -0.1) is 0 Å². The Kier molecular flexibility index (Phi) is 7.87. The topological polar surface area (TPSA) is 78.8 Å². The zero-order chi connectivity index (χ0) is 26.3. The molecule has 4 aromatic heterocycles. The van der Waals surface area contributed by atoms with E-state index >= 15 is 0 Å². The molecule has 0 aliphatic rings. The second-order valence-electron chi connectivity index (χ2n) is 9.37. The fourth-order valence-corrected chi connectivity index (χ4v) is 6.33. The molecule has 0 radical (unpaired) electrons. The molecule has 0 aliphatic heterocycles. The minimum atomic E-state index is -0.0604. The average Bonchev–Trinajstić information content (AvgIpc) is 3.40. The van der Waals surface area contributed by atoms with Crippen molar-refractivity contribution in [3.8, 4) is 17.1 Å². The minimum absolute atomic E-state index is 0.0604. The zero-order valence-corrected chi connectivity index (χ0v) is 25.4. The van der Waals surface area contributed by atoms with Crippen molar-refractivity contribution in [2.24, 2.45) is 14.1 Å². The maximum Gasteiger partial charge on any atom is 0.221 e. The van der Waals surface area contributed by atoms with Crippen LogP contribution in [-0.2, 0) is 20.6 Å². The molecule has 0 N–H and O–H groups in total. The number of likely N-dealkylation sites (N-methyl/N-ethyl adjacent to an activating group) is 1. The standard InChI is InChI=1S/C25H34IN8OP/c1-10-20-19-11-21(27-18(6)24(19)34(30-20)36-26)23-17(5)29-33(9)25(23)35-14(2)12-31(7)13-22-15(3)16(4)28-32(22)8/h10-11,14,36H,1,12-13H2,2-9H3. The van der Waals surface area contributed by atoms with Crippen LogP contribution in [0.1, 0.15) is 41.0 Å². The predicted octanol–water partition coefficient (Wildman–Crippen LogP) is 5.13. The van der Waals surface area contributed by atoms with Crippen LogP contribution >= 0.6 is 28.4 Å². The third kappa shape index (κ3) is 4.95. The van der Waals surface area contributed by atoms with E-state index in [1.807, 2.05) is 37.1 Å². The molecule has 9 nitrogen and oxygen atoms in total. The van der Waals surface area contributed by atoms with Gasteiger partial charge in [-0.3, -0.25) is 14.6 Å². The Labute approximate surface area is 227 Å². The molecular weight excluding hydrogens is 586 g/mol. The van der Waals surface area contributed by atoms with E-state index in [0.29, 0.717) is 6.37 Å². The third-order valence-corrected chi connectivity index (χ3v) is 8.38. The van der Waals surface area contributed by atoms with Gasteiger partial charge in [0.25, 0.3) is 0 Å². The van der Waals surface area contributed by atoms with Crippen LogP contribution in [0.3, 0.4) is 0 Å². The monoisotopic (exact) mass is 620 g/mol. The van der Waals surface area contributed by atoms with Crippen molar-refractivity contribution in [3.63, 3.8) is 0 Å². The first-order valence-electron chi connectivity index (χ1n) is 11.8. The lowest BCUT2D eigenvalue weighted by atomic mass is 10.1. The summed E-state index contributed by atoms with van der Waals surface area (Å²) >= 11 is 2.34. The lowest BCUT2D eigenvalue weighted by molar-refractivity contribution is 0.147. The number of hydrogen-bond acceptors (Lipinski definition) is 6. The van der Waals surface area contributed by atoms with Crippen LogP contribution in [0.5, 0.6) is 5.88 Å². The fraction of sp³-hybridized carbons (Fsp3) is 0.440. The van der Waals surface area contributed by atoms with Crippen molar-refractivity contribution >= 4 is 45.4 Å². The largest absolute Gasteiger partial charge is 0.473 e. The molecule has 0 spiro atoms. The van der Waals surface area contributed by atoms with E-state index in [0.717, 1.165) is 63.9 Å². The summed E-state index contributed by atoms with van der Waals surface area (Å²) < 4.78 is 12.3. The first-order chi connectivity index (χ1) is 17.0. The van der Waals surface area contributed by atoms with E-state index in [1.165, 1.54) is 11.3 Å². The molecule has 0 fully saturated rings. The average molecular weight is 620 g/mol. The van der Waals surface area contributed by atoms with E-state index in [2.05, 4.69) is 77.6 Å². The summed E-state index contributed by atoms with van der Waals surface area (Å²) in [6.07, 6.45) is 2.23. The maximum absolute atomic E-state index is 6.52. The molecule has 4 rings (SSSR count). The number of aryl methyl sites for hydroxylation is 5. The van der Waals surface area contributed by atoms with E-state index in [9.17, 15) is 0 Å². The van der Waals surface area contributed by atoms with Crippen LogP contribution < -0.4 is 4.74 Å². The van der Waals surface area contributed by atoms with Gasteiger partial charge in [-0.05, 0) is 81.4 Å². The van der Waals surface area contributed by atoms with Gasteiger partial charge in [-0.1, -0.05) is 6.58 Å². The van der Waals surface area contributed by atoms with E-state index in [-0.39, 0.29) is 6.10 Å². The molecule has 4 aromatic rings. The Hall–Kier alpha value is -2.30. The van der Waals surface area contributed by atoms with Crippen molar-refractivity contribution in [3.05, 3.63) is 46.7 Å². The number of nitrogens with zero attached hydrogens (tertiary/aromatic N) is 8. The molecule has 192 valence electrons. The van der Waals surface area contributed by atoms with Crippen molar-refractivity contribution in [2.75, 3.05) is 13.6 Å². The predicted molar refractivity (Wildman–Crippen MR) is 156 cm³/mol. The molecule has 0 saturated heterocycles. The normalized spacial score (nSPS) is 12.9. The van der Waals surface area contributed by atoms with Crippen LogP contribution in [-0.4, -0.2) is 58.7 Å². The van der Waals surface area contributed by atoms with Gasteiger partial charge in [0, 0.05) is 32.6 Å². The van der Waals surface area contributed by atoms with Crippen LogP contribution in [0.15, 0.2) is 12.6 Å². The summed E-state index contributed by atoms with van der Waals surface area (Å²) in [5.74, 6) is 0.718. The first-order valence-corrected chi connectivity index (χ1v) is 15.9. The molecular formula is C25H34IN8OP. The Balaban J connectivity index is 1.62. The SMILES string of the molecule is C=Cc1nn(PI)c2c(C)nc(-c3c(C)nn(C)c3OC(C)CN(C)Cc3c(C)c(C)nn3C)cc12. The molecule has 36 heavy (non-hydrogen) atoms. The minimum Gasteiger partial charge on any atom is -0.473 e. The number of pyridine rings is 1. The zero-order valence-electron chi connectivity index (χ0n) is 22.2. The highest BCUT2D eigenvalue weighted by molar-refractivity contribution is 14.2. The van der Waals surface area contributed by atoms with E-state index in [4.69, 9.17) is 14.8 Å². The van der Waals surface area contributed by atoms with Crippen LogP contribution in [0, 0.1) is 27.7 Å². The Morgan fingerprint density at radius 1 is 1.11 bits per heavy atom. The number of hydrogen-bond donors (Lipinski definition) is 0. The van der Waals surface area contributed by atoms with Crippen LogP contribution in [0.2, 0.25) is 0 Å².